The SMILES string of the molecule is CCCCc1ccc(-c2ccccc2)cc1N1c2cc(-n3c4ccccc4c4cc(C(C)(C)C)ccc43)ccc2B2c3ccc(-n4c5ccccc5c5cc(C(C)(C)C)ccc54)cc3Oc3cc(C(C)(C)C)cc1c32. The third-order valence-corrected chi connectivity index (χ3v) is 16.4. The van der Waals surface area contributed by atoms with Crippen molar-refractivity contribution in [3.05, 3.63) is 204 Å². The van der Waals surface area contributed by atoms with E-state index in [1.54, 1.807) is 0 Å². The van der Waals surface area contributed by atoms with Crippen molar-refractivity contribution in [1.29, 1.82) is 0 Å². The first-order valence-corrected chi connectivity index (χ1v) is 27.3. The Morgan fingerprint density at radius 1 is 0.413 bits per heavy atom. The number of aromatic nitrogens is 2. The van der Waals surface area contributed by atoms with Crippen molar-refractivity contribution < 1.29 is 4.74 Å². The van der Waals surface area contributed by atoms with Crippen LogP contribution in [0.15, 0.2) is 182 Å². The van der Waals surface area contributed by atoms with Crippen molar-refractivity contribution >= 4 is 83.8 Å². The van der Waals surface area contributed by atoms with Gasteiger partial charge in [-0.15, -0.1) is 0 Å². The van der Waals surface area contributed by atoms with Crippen LogP contribution in [0.1, 0.15) is 104 Å². The molecule has 2 aromatic heterocycles. The fraction of sp³-hybridized carbons (Fsp3) is 0.229. The maximum Gasteiger partial charge on any atom is 0.256 e. The zero-order valence-electron chi connectivity index (χ0n) is 45.3. The Morgan fingerprint density at radius 3 is 1.57 bits per heavy atom. The van der Waals surface area contributed by atoms with E-state index in [4.69, 9.17) is 4.74 Å². The third-order valence-electron chi connectivity index (χ3n) is 16.4. The van der Waals surface area contributed by atoms with Crippen molar-refractivity contribution in [2.75, 3.05) is 4.90 Å². The van der Waals surface area contributed by atoms with Crippen LogP contribution in [-0.2, 0) is 22.7 Å². The summed E-state index contributed by atoms with van der Waals surface area (Å²) in [6.45, 7) is 23.0. The first-order chi connectivity index (χ1) is 36.0. The van der Waals surface area contributed by atoms with Crippen LogP contribution in [0.5, 0.6) is 11.5 Å². The molecule has 0 amide bonds. The summed E-state index contributed by atoms with van der Waals surface area (Å²) >= 11 is 0. The molecule has 0 fully saturated rings. The molecule has 0 aliphatic carbocycles. The van der Waals surface area contributed by atoms with Gasteiger partial charge in [0.05, 0.1) is 22.1 Å². The predicted molar refractivity (Wildman–Crippen MR) is 321 cm³/mol. The fourth-order valence-corrected chi connectivity index (χ4v) is 12.3. The van der Waals surface area contributed by atoms with E-state index < -0.39 is 0 Å². The quantitative estimate of drug-likeness (QED) is 0.149. The first-order valence-electron chi connectivity index (χ1n) is 27.3. The molecule has 9 aromatic carbocycles. The second-order valence-electron chi connectivity index (χ2n) is 24.5. The molecule has 2 aliphatic heterocycles. The summed E-state index contributed by atoms with van der Waals surface area (Å²) in [5.74, 6) is 1.82. The molecule has 5 heteroatoms. The Hall–Kier alpha value is -7.76. The third kappa shape index (κ3) is 7.63. The van der Waals surface area contributed by atoms with Gasteiger partial charge in [-0.1, -0.05) is 179 Å². The van der Waals surface area contributed by atoms with Gasteiger partial charge in [-0.05, 0) is 152 Å². The van der Waals surface area contributed by atoms with Crippen LogP contribution in [-0.4, -0.2) is 15.8 Å². The van der Waals surface area contributed by atoms with Gasteiger partial charge in [0.25, 0.3) is 6.71 Å². The van der Waals surface area contributed by atoms with Gasteiger partial charge in [0, 0.05) is 56.0 Å². The van der Waals surface area contributed by atoms with E-state index in [0.29, 0.717) is 0 Å². The summed E-state index contributed by atoms with van der Waals surface area (Å²) in [5, 5.41) is 5.07. The lowest BCUT2D eigenvalue weighted by molar-refractivity contribution is 0.483. The van der Waals surface area contributed by atoms with Crippen molar-refractivity contribution in [1.82, 2.24) is 9.13 Å². The van der Waals surface area contributed by atoms with Gasteiger partial charge in [0.1, 0.15) is 11.5 Å². The summed E-state index contributed by atoms with van der Waals surface area (Å²) in [6.07, 6.45) is 3.19. The van der Waals surface area contributed by atoms with Crippen LogP contribution in [0.25, 0.3) is 66.1 Å². The smallest absolute Gasteiger partial charge is 0.256 e. The molecule has 13 rings (SSSR count). The normalized spacial score (nSPS) is 13.4. The number of rotatable bonds is 7. The van der Waals surface area contributed by atoms with Gasteiger partial charge >= 0.3 is 0 Å². The number of nitrogens with zero attached hydrogens (tertiary/aromatic N) is 3. The zero-order chi connectivity index (χ0) is 51.7. The molecule has 0 unspecified atom stereocenters. The number of aryl methyl sites for hydroxylation is 1. The summed E-state index contributed by atoms with van der Waals surface area (Å²) in [6, 6.07) is 69.1. The molecule has 0 atom stereocenters. The molecule has 0 saturated carbocycles. The number of para-hydroxylation sites is 2. The van der Waals surface area contributed by atoms with E-state index in [1.807, 2.05) is 0 Å². The van der Waals surface area contributed by atoms with Gasteiger partial charge in [0.15, 0.2) is 0 Å². The minimum atomic E-state index is -0.166. The topological polar surface area (TPSA) is 22.3 Å². The van der Waals surface area contributed by atoms with E-state index in [-0.39, 0.29) is 23.0 Å². The molecule has 4 heterocycles. The number of fused-ring (bicyclic) bond motifs is 10. The Balaban J connectivity index is 1.08. The number of benzene rings is 9. The lowest BCUT2D eigenvalue weighted by Gasteiger charge is -2.42. The van der Waals surface area contributed by atoms with Gasteiger partial charge in [-0.2, -0.15) is 0 Å². The van der Waals surface area contributed by atoms with Crippen LogP contribution in [0.2, 0.25) is 0 Å². The van der Waals surface area contributed by atoms with Crippen molar-refractivity contribution in [3.63, 3.8) is 0 Å². The first kappa shape index (κ1) is 47.0. The van der Waals surface area contributed by atoms with Gasteiger partial charge < -0.3 is 18.8 Å². The molecule has 0 radical (unpaired) electrons. The van der Waals surface area contributed by atoms with Crippen molar-refractivity contribution in [2.24, 2.45) is 0 Å². The summed E-state index contributed by atoms with van der Waals surface area (Å²) in [7, 11) is 0. The second-order valence-corrected chi connectivity index (χ2v) is 24.5. The molecule has 2 aliphatic rings. The van der Waals surface area contributed by atoms with Crippen LogP contribution in [0.4, 0.5) is 17.1 Å². The van der Waals surface area contributed by atoms with Crippen LogP contribution < -0.4 is 26.0 Å². The van der Waals surface area contributed by atoms with Gasteiger partial charge in [-0.3, -0.25) is 0 Å². The molecular weight excluding hydrogens is 910 g/mol. The van der Waals surface area contributed by atoms with E-state index in [9.17, 15) is 0 Å². The van der Waals surface area contributed by atoms with E-state index in [2.05, 4.69) is 265 Å². The Morgan fingerprint density at radius 2 is 0.973 bits per heavy atom. The number of hydrogen-bond acceptors (Lipinski definition) is 2. The average Bonchev–Trinajstić information content (AvgIpc) is 3.98. The van der Waals surface area contributed by atoms with Crippen LogP contribution >= 0.6 is 0 Å². The van der Waals surface area contributed by atoms with Gasteiger partial charge in [0.2, 0.25) is 0 Å². The molecule has 75 heavy (non-hydrogen) atoms. The average molecular weight is 976 g/mol. The summed E-state index contributed by atoms with van der Waals surface area (Å²) in [5.41, 5.74) is 21.8. The predicted octanol–water partition coefficient (Wildman–Crippen LogP) is 17.2. The molecule has 0 N–H and O–H groups in total. The van der Waals surface area contributed by atoms with Crippen LogP contribution in [0.3, 0.4) is 0 Å². The van der Waals surface area contributed by atoms with Crippen molar-refractivity contribution in [3.8, 4) is 34.0 Å². The monoisotopic (exact) mass is 976 g/mol. The van der Waals surface area contributed by atoms with E-state index >= 15 is 0 Å². The minimum Gasteiger partial charge on any atom is -0.458 e. The van der Waals surface area contributed by atoms with E-state index in [1.165, 1.54) is 110 Å². The fourth-order valence-electron chi connectivity index (χ4n) is 12.3. The summed E-state index contributed by atoms with van der Waals surface area (Å²) in [4.78, 5) is 2.62. The lowest BCUT2D eigenvalue weighted by Crippen LogP contribution is -2.59. The largest absolute Gasteiger partial charge is 0.458 e. The second kappa shape index (κ2) is 17.1. The Labute approximate surface area is 443 Å². The maximum atomic E-state index is 7.44. The number of ether oxygens (including phenoxy) is 1. The molecular formula is C70H66BN3O. The lowest BCUT2D eigenvalue weighted by atomic mass is 9.34. The highest BCUT2D eigenvalue weighted by molar-refractivity contribution is 6.99. The molecule has 370 valence electrons. The highest BCUT2D eigenvalue weighted by atomic mass is 16.5. The zero-order valence-corrected chi connectivity index (χ0v) is 45.3. The van der Waals surface area contributed by atoms with Gasteiger partial charge in [-0.25, -0.2) is 0 Å². The van der Waals surface area contributed by atoms with E-state index in [0.717, 1.165) is 42.1 Å². The Bertz CT molecular complexity index is 4100. The van der Waals surface area contributed by atoms with Crippen LogP contribution in [0, 0.1) is 0 Å². The molecule has 0 spiro atoms. The minimum absolute atomic E-state index is 0.0199. The standard InChI is InChI=1S/C70H66BN3O/c1-11-12-20-45-27-28-46(44-21-14-13-15-22-44)37-62(45)74-63-42-50(72-58-25-18-16-23-52(58)54-38-47(68(2,3)4)29-35-60(54)72)31-33-56(63)71-57-34-32-51(43-65(57)75-66-41-49(70(8,9)10)40-64(74)67(66)71)73-59-26-19-17-24-53(59)55-39-48(69(5,6)7)30-36-61(55)73/h13-19,21-43H,11-12,20H2,1-10H3. The molecule has 4 nitrogen and oxygen atoms in total. The number of anilines is 3. The highest BCUT2D eigenvalue weighted by Gasteiger charge is 2.43. The maximum absolute atomic E-state index is 7.44. The number of hydrogen-bond donors (Lipinski definition) is 0. The molecule has 11 aromatic rings. The highest BCUT2D eigenvalue weighted by Crippen LogP contribution is 2.47. The Kier molecular flexibility index (Phi) is 10.7. The molecule has 0 saturated heterocycles. The van der Waals surface area contributed by atoms with Crippen molar-refractivity contribution in [2.45, 2.75) is 105 Å². The summed E-state index contributed by atoms with van der Waals surface area (Å²) < 4.78 is 12.4. The number of unbranched alkanes of at least 4 members (excludes halogenated alkanes) is 1. The molecule has 0 bridgehead atoms.